The second-order valence-electron chi connectivity index (χ2n) is 5.07. The fraction of sp³-hybridized carbons (Fsp3) is 0.222. The molecule has 0 radical (unpaired) electrons. The maximum atomic E-state index is 11.8. The molecule has 0 bridgehead atoms. The summed E-state index contributed by atoms with van der Waals surface area (Å²) in [5, 5.41) is 5.37. The van der Waals surface area contributed by atoms with E-state index in [1.54, 1.807) is 7.11 Å². The van der Waals surface area contributed by atoms with Gasteiger partial charge in [0, 0.05) is 6.54 Å². The molecule has 0 saturated carbocycles. The lowest BCUT2D eigenvalue weighted by Gasteiger charge is -2.08. The highest BCUT2D eigenvalue weighted by Gasteiger charge is 2.06. The number of amides is 2. The maximum absolute atomic E-state index is 11.8. The van der Waals surface area contributed by atoms with Crippen molar-refractivity contribution in [3.8, 4) is 5.75 Å². The number of ether oxygens (including phenoxy) is 1. The van der Waals surface area contributed by atoms with Gasteiger partial charge in [-0.05, 0) is 23.3 Å². The number of carbonyl (C=O) groups is 2. The van der Waals surface area contributed by atoms with E-state index in [4.69, 9.17) is 4.74 Å². The Morgan fingerprint density at radius 1 is 0.913 bits per heavy atom. The van der Waals surface area contributed by atoms with Gasteiger partial charge in [-0.2, -0.15) is 0 Å². The third-order valence-electron chi connectivity index (χ3n) is 3.28. The number of carbonyl (C=O) groups excluding carboxylic acids is 2. The molecular formula is C18H20N2O3. The van der Waals surface area contributed by atoms with Crippen LogP contribution < -0.4 is 15.4 Å². The summed E-state index contributed by atoms with van der Waals surface area (Å²) in [4.78, 5) is 23.5. The molecule has 0 aliphatic rings. The predicted molar refractivity (Wildman–Crippen MR) is 88.0 cm³/mol. The minimum atomic E-state index is -0.228. The molecule has 0 saturated heterocycles. The van der Waals surface area contributed by atoms with Crippen molar-refractivity contribution in [2.75, 3.05) is 13.7 Å². The molecule has 0 aromatic heterocycles. The molecule has 5 heteroatoms. The minimum Gasteiger partial charge on any atom is -0.497 e. The van der Waals surface area contributed by atoms with Crippen LogP contribution >= 0.6 is 0 Å². The van der Waals surface area contributed by atoms with Gasteiger partial charge < -0.3 is 15.4 Å². The highest BCUT2D eigenvalue weighted by Crippen LogP contribution is 2.11. The standard InChI is InChI=1S/C18H20N2O3/c1-23-16-9-5-8-15(10-16)12-19-18(22)13-20-17(21)11-14-6-3-2-4-7-14/h2-10H,11-13H2,1H3,(H,19,22)(H,20,21). The molecule has 0 atom stereocenters. The lowest BCUT2D eigenvalue weighted by molar-refractivity contribution is -0.125. The van der Waals surface area contributed by atoms with E-state index in [2.05, 4.69) is 10.6 Å². The Bertz CT molecular complexity index is 656. The molecule has 0 unspecified atom stereocenters. The molecule has 120 valence electrons. The Morgan fingerprint density at radius 2 is 1.65 bits per heavy atom. The van der Waals surface area contributed by atoms with E-state index in [9.17, 15) is 9.59 Å². The van der Waals surface area contributed by atoms with E-state index in [-0.39, 0.29) is 24.8 Å². The van der Waals surface area contributed by atoms with Crippen LogP contribution in [0.5, 0.6) is 5.75 Å². The molecule has 0 aliphatic heterocycles. The first-order valence-electron chi connectivity index (χ1n) is 7.37. The van der Waals surface area contributed by atoms with Gasteiger partial charge in [-0.3, -0.25) is 9.59 Å². The van der Waals surface area contributed by atoms with Gasteiger partial charge >= 0.3 is 0 Å². The zero-order chi connectivity index (χ0) is 16.5. The van der Waals surface area contributed by atoms with Crippen molar-refractivity contribution in [2.45, 2.75) is 13.0 Å². The molecule has 5 nitrogen and oxygen atoms in total. The highest BCUT2D eigenvalue weighted by atomic mass is 16.5. The maximum Gasteiger partial charge on any atom is 0.239 e. The third-order valence-corrected chi connectivity index (χ3v) is 3.28. The summed E-state index contributed by atoms with van der Waals surface area (Å²) in [5.41, 5.74) is 1.86. The van der Waals surface area contributed by atoms with Crippen LogP contribution in [0.4, 0.5) is 0 Å². The smallest absolute Gasteiger partial charge is 0.239 e. The van der Waals surface area contributed by atoms with Crippen molar-refractivity contribution in [3.63, 3.8) is 0 Å². The molecular weight excluding hydrogens is 292 g/mol. The van der Waals surface area contributed by atoms with Gasteiger partial charge in [-0.1, -0.05) is 42.5 Å². The average Bonchev–Trinajstić information content (AvgIpc) is 2.59. The number of hydrogen-bond acceptors (Lipinski definition) is 3. The van der Waals surface area contributed by atoms with E-state index < -0.39 is 0 Å². The number of hydrogen-bond donors (Lipinski definition) is 2. The Hall–Kier alpha value is -2.82. The van der Waals surface area contributed by atoms with Gasteiger partial charge in [-0.25, -0.2) is 0 Å². The van der Waals surface area contributed by atoms with Crippen LogP contribution in [-0.4, -0.2) is 25.5 Å². The van der Waals surface area contributed by atoms with Crippen molar-refractivity contribution in [1.82, 2.24) is 10.6 Å². The molecule has 0 aliphatic carbocycles. The van der Waals surface area contributed by atoms with Crippen molar-refractivity contribution >= 4 is 11.8 Å². The van der Waals surface area contributed by atoms with Crippen molar-refractivity contribution in [1.29, 1.82) is 0 Å². The van der Waals surface area contributed by atoms with Crippen LogP contribution in [0.15, 0.2) is 54.6 Å². The van der Waals surface area contributed by atoms with Gasteiger partial charge in [0.15, 0.2) is 0 Å². The number of rotatable bonds is 7. The largest absolute Gasteiger partial charge is 0.497 e. The summed E-state index contributed by atoms with van der Waals surface area (Å²) >= 11 is 0. The average molecular weight is 312 g/mol. The van der Waals surface area contributed by atoms with Crippen LogP contribution in [0.2, 0.25) is 0 Å². The van der Waals surface area contributed by atoms with Gasteiger partial charge in [0.1, 0.15) is 5.75 Å². The fourth-order valence-electron chi connectivity index (χ4n) is 2.07. The summed E-state index contributed by atoms with van der Waals surface area (Å²) in [6, 6.07) is 16.9. The molecule has 2 aromatic carbocycles. The highest BCUT2D eigenvalue weighted by molar-refractivity contribution is 5.85. The quantitative estimate of drug-likeness (QED) is 0.817. The van der Waals surface area contributed by atoms with Crippen LogP contribution in [0, 0.1) is 0 Å². The fourth-order valence-corrected chi connectivity index (χ4v) is 2.07. The van der Waals surface area contributed by atoms with Crippen LogP contribution in [0.1, 0.15) is 11.1 Å². The van der Waals surface area contributed by atoms with Gasteiger partial charge in [-0.15, -0.1) is 0 Å². The first-order valence-corrected chi connectivity index (χ1v) is 7.37. The normalized spacial score (nSPS) is 9.96. The second kappa shape index (κ2) is 8.58. The van der Waals surface area contributed by atoms with Crippen molar-refractivity contribution in [2.24, 2.45) is 0 Å². The van der Waals surface area contributed by atoms with E-state index >= 15 is 0 Å². The molecule has 0 heterocycles. The summed E-state index contributed by atoms with van der Waals surface area (Å²) in [7, 11) is 1.60. The molecule has 2 aromatic rings. The topological polar surface area (TPSA) is 67.4 Å². The number of nitrogens with one attached hydrogen (secondary N) is 2. The molecule has 0 fully saturated rings. The second-order valence-corrected chi connectivity index (χ2v) is 5.07. The Balaban J connectivity index is 1.71. The van der Waals surface area contributed by atoms with Crippen molar-refractivity contribution < 1.29 is 14.3 Å². The van der Waals surface area contributed by atoms with E-state index in [0.29, 0.717) is 6.54 Å². The monoisotopic (exact) mass is 312 g/mol. The molecule has 0 spiro atoms. The van der Waals surface area contributed by atoms with Gasteiger partial charge in [0.05, 0.1) is 20.1 Å². The predicted octanol–water partition coefficient (Wildman–Crippen LogP) is 1.67. The van der Waals surface area contributed by atoms with Crippen molar-refractivity contribution in [3.05, 3.63) is 65.7 Å². The number of methoxy groups -OCH3 is 1. The zero-order valence-electron chi connectivity index (χ0n) is 13.0. The first kappa shape index (κ1) is 16.5. The Labute approximate surface area is 135 Å². The molecule has 2 rings (SSSR count). The molecule has 2 amide bonds. The number of benzene rings is 2. The van der Waals surface area contributed by atoms with E-state index in [1.165, 1.54) is 0 Å². The minimum absolute atomic E-state index is 0.0321. The van der Waals surface area contributed by atoms with Crippen LogP contribution in [-0.2, 0) is 22.6 Å². The Morgan fingerprint density at radius 3 is 2.39 bits per heavy atom. The lowest BCUT2D eigenvalue weighted by Crippen LogP contribution is -2.37. The molecule has 2 N–H and O–H groups in total. The van der Waals surface area contributed by atoms with E-state index in [0.717, 1.165) is 16.9 Å². The Kier molecular flexibility index (Phi) is 6.17. The van der Waals surface area contributed by atoms with Gasteiger partial charge in [0.2, 0.25) is 11.8 Å². The van der Waals surface area contributed by atoms with Gasteiger partial charge in [0.25, 0.3) is 0 Å². The third kappa shape index (κ3) is 5.82. The summed E-state index contributed by atoms with van der Waals surface area (Å²) < 4.78 is 5.13. The molecule has 23 heavy (non-hydrogen) atoms. The SMILES string of the molecule is COc1cccc(CNC(=O)CNC(=O)Cc2ccccc2)c1. The van der Waals surface area contributed by atoms with Crippen LogP contribution in [0.3, 0.4) is 0 Å². The first-order chi connectivity index (χ1) is 11.2. The zero-order valence-corrected chi connectivity index (χ0v) is 13.0. The lowest BCUT2D eigenvalue weighted by atomic mass is 10.1. The summed E-state index contributed by atoms with van der Waals surface area (Å²) in [6.07, 6.45) is 0.268. The summed E-state index contributed by atoms with van der Waals surface area (Å²) in [5.74, 6) is 0.342. The van der Waals surface area contributed by atoms with Crippen LogP contribution in [0.25, 0.3) is 0 Å². The summed E-state index contributed by atoms with van der Waals surface area (Å²) in [6.45, 7) is 0.361. The van der Waals surface area contributed by atoms with E-state index in [1.807, 2.05) is 54.6 Å².